The highest BCUT2D eigenvalue weighted by atomic mass is 32.1. The Morgan fingerprint density at radius 3 is 2.71 bits per heavy atom. The fourth-order valence-electron chi connectivity index (χ4n) is 1.84. The van der Waals surface area contributed by atoms with Gasteiger partial charge in [0, 0.05) is 10.9 Å². The first-order chi connectivity index (χ1) is 11.5. The van der Waals surface area contributed by atoms with Crippen molar-refractivity contribution in [3.63, 3.8) is 0 Å². The molecule has 0 fully saturated rings. The van der Waals surface area contributed by atoms with E-state index in [1.165, 1.54) is 30.6 Å². The Morgan fingerprint density at radius 2 is 2.08 bits per heavy atom. The van der Waals surface area contributed by atoms with Gasteiger partial charge in [0.1, 0.15) is 6.61 Å². The van der Waals surface area contributed by atoms with Gasteiger partial charge in [-0.05, 0) is 18.2 Å². The van der Waals surface area contributed by atoms with Crippen LogP contribution < -0.4 is 9.47 Å². The third kappa shape index (κ3) is 3.48. The molecule has 126 valence electrons. The van der Waals surface area contributed by atoms with E-state index in [4.69, 9.17) is 9.47 Å². The van der Waals surface area contributed by atoms with E-state index >= 15 is 0 Å². The molecule has 0 aliphatic heterocycles. The molecule has 0 aliphatic rings. The van der Waals surface area contributed by atoms with E-state index in [-0.39, 0.29) is 18.1 Å². The van der Waals surface area contributed by atoms with Crippen molar-refractivity contribution in [2.45, 2.75) is 12.8 Å². The number of halogens is 3. The molecule has 0 unspecified atom stereocenters. The normalized spacial score (nSPS) is 11.5. The number of aromatic nitrogens is 3. The fraction of sp³-hybridized carbons (Fsp3) is 0.214. The molecule has 3 aromatic rings. The average Bonchev–Trinajstić information content (AvgIpc) is 3.23. The summed E-state index contributed by atoms with van der Waals surface area (Å²) in [7, 11) is 1.42. The van der Waals surface area contributed by atoms with E-state index in [2.05, 4.69) is 19.6 Å². The first kappa shape index (κ1) is 16.2. The zero-order valence-corrected chi connectivity index (χ0v) is 13.0. The first-order valence-corrected chi connectivity index (χ1v) is 7.51. The molecule has 0 aliphatic carbocycles. The second kappa shape index (κ2) is 6.48. The largest absolute Gasteiger partial charge is 0.493 e. The van der Waals surface area contributed by atoms with Crippen LogP contribution in [0, 0.1) is 0 Å². The van der Waals surface area contributed by atoms with Crippen LogP contribution in [0.5, 0.6) is 11.5 Å². The molecular formula is C14H10F3N3O3S. The van der Waals surface area contributed by atoms with Crippen LogP contribution in [0.1, 0.15) is 11.5 Å². The van der Waals surface area contributed by atoms with Gasteiger partial charge < -0.3 is 14.0 Å². The highest BCUT2D eigenvalue weighted by molar-refractivity contribution is 7.07. The number of rotatable bonds is 5. The molecule has 0 atom stereocenters. The number of methoxy groups -OCH3 is 1. The van der Waals surface area contributed by atoms with E-state index in [0.29, 0.717) is 11.5 Å². The van der Waals surface area contributed by atoms with Crippen molar-refractivity contribution in [1.29, 1.82) is 0 Å². The summed E-state index contributed by atoms with van der Waals surface area (Å²) in [6.07, 6.45) is -4.66. The number of thiazole rings is 1. The molecule has 10 heteroatoms. The Balaban J connectivity index is 1.82. The van der Waals surface area contributed by atoms with Crippen LogP contribution >= 0.6 is 11.3 Å². The Hall–Kier alpha value is -2.62. The minimum atomic E-state index is -4.66. The maximum absolute atomic E-state index is 12.5. The van der Waals surface area contributed by atoms with Gasteiger partial charge in [0.05, 0.1) is 18.3 Å². The Bertz CT molecular complexity index is 818. The van der Waals surface area contributed by atoms with E-state index in [0.717, 1.165) is 5.69 Å². The Morgan fingerprint density at radius 1 is 1.25 bits per heavy atom. The number of benzene rings is 1. The van der Waals surface area contributed by atoms with Gasteiger partial charge in [-0.3, -0.25) is 0 Å². The predicted molar refractivity (Wildman–Crippen MR) is 77.7 cm³/mol. The monoisotopic (exact) mass is 357 g/mol. The highest BCUT2D eigenvalue weighted by Gasteiger charge is 2.37. The third-order valence-corrected chi connectivity index (χ3v) is 3.58. The number of ether oxygens (including phenoxy) is 2. The Kier molecular flexibility index (Phi) is 4.38. The quantitative estimate of drug-likeness (QED) is 0.692. The first-order valence-electron chi connectivity index (χ1n) is 6.56. The van der Waals surface area contributed by atoms with Gasteiger partial charge in [-0.2, -0.15) is 18.2 Å². The van der Waals surface area contributed by atoms with Crippen LogP contribution in [-0.4, -0.2) is 22.2 Å². The fourth-order valence-corrected chi connectivity index (χ4v) is 2.38. The summed E-state index contributed by atoms with van der Waals surface area (Å²) in [6.45, 7) is 0.248. The van der Waals surface area contributed by atoms with Crippen LogP contribution in [0.4, 0.5) is 13.2 Å². The van der Waals surface area contributed by atoms with Gasteiger partial charge in [0.25, 0.3) is 11.7 Å². The van der Waals surface area contributed by atoms with Crippen LogP contribution in [0.2, 0.25) is 0 Å². The second-order valence-corrected chi connectivity index (χ2v) is 5.27. The number of hydrogen-bond acceptors (Lipinski definition) is 7. The second-order valence-electron chi connectivity index (χ2n) is 4.55. The minimum absolute atomic E-state index is 0.248. The maximum atomic E-state index is 12.5. The molecule has 0 amide bonds. The summed E-state index contributed by atoms with van der Waals surface area (Å²) in [5, 5.41) is 4.77. The van der Waals surface area contributed by atoms with E-state index in [1.54, 1.807) is 11.6 Å². The van der Waals surface area contributed by atoms with Gasteiger partial charge in [0.15, 0.2) is 11.5 Å². The SMILES string of the molecule is COc1cc(-c2nc(C(F)(F)F)no2)ccc1OCc1cscn1. The van der Waals surface area contributed by atoms with E-state index in [1.807, 2.05) is 5.38 Å². The molecule has 0 saturated carbocycles. The summed E-state index contributed by atoms with van der Waals surface area (Å²) in [5.74, 6) is -0.841. The van der Waals surface area contributed by atoms with Crippen molar-refractivity contribution in [3.8, 4) is 23.0 Å². The molecule has 6 nitrogen and oxygen atoms in total. The topological polar surface area (TPSA) is 70.3 Å². The molecule has 3 rings (SSSR count). The predicted octanol–water partition coefficient (Wildman–Crippen LogP) is 3.80. The van der Waals surface area contributed by atoms with Crippen molar-refractivity contribution < 1.29 is 27.2 Å². The van der Waals surface area contributed by atoms with Gasteiger partial charge in [-0.25, -0.2) is 4.98 Å². The smallest absolute Gasteiger partial charge is 0.455 e. The summed E-state index contributed by atoms with van der Waals surface area (Å²) < 4.78 is 53.0. The van der Waals surface area contributed by atoms with E-state index in [9.17, 15) is 13.2 Å². The minimum Gasteiger partial charge on any atom is -0.493 e. The summed E-state index contributed by atoms with van der Waals surface area (Å²) in [5.41, 5.74) is 2.74. The number of nitrogens with zero attached hydrogens (tertiary/aromatic N) is 3. The molecule has 0 N–H and O–H groups in total. The number of alkyl halides is 3. The van der Waals surface area contributed by atoms with Gasteiger partial charge in [0.2, 0.25) is 0 Å². The molecule has 2 heterocycles. The summed E-state index contributed by atoms with van der Waals surface area (Å²) >= 11 is 1.45. The molecule has 0 radical (unpaired) electrons. The lowest BCUT2D eigenvalue weighted by molar-refractivity contribution is -0.146. The molecule has 1 aromatic carbocycles. The molecule has 0 saturated heterocycles. The highest BCUT2D eigenvalue weighted by Crippen LogP contribution is 2.34. The maximum Gasteiger partial charge on any atom is 0.455 e. The van der Waals surface area contributed by atoms with Crippen LogP contribution in [0.25, 0.3) is 11.5 Å². The third-order valence-electron chi connectivity index (χ3n) is 2.95. The zero-order chi connectivity index (χ0) is 17.2. The van der Waals surface area contributed by atoms with Gasteiger partial charge in [-0.15, -0.1) is 11.3 Å². The summed E-state index contributed by atoms with van der Waals surface area (Å²) in [6, 6.07) is 4.52. The number of hydrogen-bond donors (Lipinski definition) is 0. The molecular weight excluding hydrogens is 347 g/mol. The van der Waals surface area contributed by atoms with Gasteiger partial charge >= 0.3 is 6.18 Å². The lowest BCUT2D eigenvalue weighted by Gasteiger charge is -2.10. The Labute approximate surface area is 137 Å². The lowest BCUT2D eigenvalue weighted by atomic mass is 10.2. The van der Waals surface area contributed by atoms with Crippen molar-refractivity contribution in [2.24, 2.45) is 0 Å². The van der Waals surface area contributed by atoms with Crippen molar-refractivity contribution in [3.05, 3.63) is 40.6 Å². The van der Waals surface area contributed by atoms with Gasteiger partial charge in [-0.1, -0.05) is 5.16 Å². The lowest BCUT2D eigenvalue weighted by Crippen LogP contribution is -2.07. The molecule has 0 bridgehead atoms. The molecule has 0 spiro atoms. The van der Waals surface area contributed by atoms with Crippen molar-refractivity contribution in [1.82, 2.24) is 15.1 Å². The molecule has 24 heavy (non-hydrogen) atoms. The average molecular weight is 357 g/mol. The zero-order valence-electron chi connectivity index (χ0n) is 12.2. The van der Waals surface area contributed by atoms with Crippen LogP contribution in [0.15, 0.2) is 33.6 Å². The standard InChI is InChI=1S/C14H10F3N3O3S/c1-21-11-4-8(12-19-13(20-23-12)14(15,16)17)2-3-10(11)22-5-9-6-24-7-18-9/h2-4,6-7H,5H2,1H3. The molecule has 2 aromatic heterocycles. The van der Waals surface area contributed by atoms with Crippen molar-refractivity contribution >= 4 is 11.3 Å². The van der Waals surface area contributed by atoms with Crippen LogP contribution in [0.3, 0.4) is 0 Å². The van der Waals surface area contributed by atoms with E-state index < -0.39 is 12.0 Å². The van der Waals surface area contributed by atoms with Crippen molar-refractivity contribution in [2.75, 3.05) is 7.11 Å². The summed E-state index contributed by atoms with van der Waals surface area (Å²) in [4.78, 5) is 7.43. The van der Waals surface area contributed by atoms with Crippen LogP contribution in [-0.2, 0) is 12.8 Å².